The van der Waals surface area contributed by atoms with Gasteiger partial charge >= 0.3 is 0 Å². The molecule has 0 unspecified atom stereocenters. The van der Waals surface area contributed by atoms with Crippen molar-refractivity contribution in [3.8, 4) is 0 Å². The number of hydrogen-bond acceptors (Lipinski definition) is 0. The molecule has 0 aliphatic rings. The fourth-order valence-electron chi connectivity index (χ4n) is 4.14. The highest BCUT2D eigenvalue weighted by Gasteiger charge is 2.38. The first kappa shape index (κ1) is 21.1. The van der Waals surface area contributed by atoms with Crippen LogP contribution in [0.4, 0.5) is 22.7 Å². The Bertz CT molecular complexity index is 1220. The Labute approximate surface area is 193 Å². The molecule has 33 heavy (non-hydrogen) atoms. The lowest BCUT2D eigenvalue weighted by molar-refractivity contribution is 0.746. The van der Waals surface area contributed by atoms with E-state index in [1.165, 1.54) is 0 Å². The second-order valence-corrected chi connectivity index (χ2v) is 7.38. The Morgan fingerprint density at radius 3 is 0.667 bits per heavy atom. The van der Waals surface area contributed by atoms with Crippen LogP contribution in [-0.2, 0) is 5.41 Å². The first-order valence-corrected chi connectivity index (χ1v) is 10.1. The predicted octanol–water partition coefficient (Wildman–Crippen LogP) is 8.27. The van der Waals surface area contributed by atoms with E-state index >= 15 is 0 Å². The van der Waals surface area contributed by atoms with Gasteiger partial charge in [-0.1, -0.05) is 97.1 Å². The summed E-state index contributed by atoms with van der Waals surface area (Å²) in [7, 11) is 0. The molecule has 0 N–H and O–H groups in total. The first-order valence-electron chi connectivity index (χ1n) is 10.1. The fourth-order valence-corrected chi connectivity index (χ4v) is 4.14. The van der Waals surface area contributed by atoms with E-state index in [1.54, 1.807) is 48.5 Å². The van der Waals surface area contributed by atoms with Crippen molar-refractivity contribution in [1.82, 2.24) is 0 Å². The smallest absolute Gasteiger partial charge is 0.187 e. The molecule has 0 saturated carbocycles. The molecule has 152 valence electrons. The largest absolute Gasteiger partial charge is 0.238 e. The third-order valence-corrected chi connectivity index (χ3v) is 5.72. The summed E-state index contributed by atoms with van der Waals surface area (Å²) in [6.45, 7) is 29.3. The summed E-state index contributed by atoms with van der Waals surface area (Å²) in [5.74, 6) is 0. The summed E-state index contributed by atoms with van der Waals surface area (Å²) in [5.41, 5.74) is 5.17. The molecule has 4 aromatic carbocycles. The van der Waals surface area contributed by atoms with E-state index < -0.39 is 5.41 Å². The zero-order chi connectivity index (χ0) is 23.3. The van der Waals surface area contributed by atoms with Crippen molar-refractivity contribution in [3.63, 3.8) is 0 Å². The van der Waals surface area contributed by atoms with Crippen molar-refractivity contribution in [2.75, 3.05) is 0 Å². The zero-order valence-corrected chi connectivity index (χ0v) is 17.5. The number of benzene rings is 4. The third kappa shape index (κ3) is 3.71. The topological polar surface area (TPSA) is 17.4 Å². The Morgan fingerprint density at radius 2 is 0.515 bits per heavy atom. The highest BCUT2D eigenvalue weighted by Crippen LogP contribution is 2.46. The summed E-state index contributed by atoms with van der Waals surface area (Å²) in [4.78, 5) is 14.1. The molecule has 0 saturated heterocycles. The molecule has 0 radical (unpaired) electrons. The number of rotatable bonds is 4. The molecule has 0 fully saturated rings. The zero-order valence-electron chi connectivity index (χ0n) is 17.5. The van der Waals surface area contributed by atoms with Gasteiger partial charge in [0, 0.05) is 0 Å². The SMILES string of the molecule is [C-]#[N+]c1ccc(C(c2ccc([N+]#[C-])cc2)(c2ccc([N+]#[C-])cc2)c2ccc([N+]#[C-])cc2)cc1. The lowest BCUT2D eigenvalue weighted by atomic mass is 9.65. The van der Waals surface area contributed by atoms with Gasteiger partial charge in [-0.25, -0.2) is 19.4 Å². The molecule has 4 rings (SSSR count). The van der Waals surface area contributed by atoms with Gasteiger partial charge in [0.2, 0.25) is 0 Å². The van der Waals surface area contributed by atoms with Crippen LogP contribution in [0.15, 0.2) is 97.1 Å². The van der Waals surface area contributed by atoms with Gasteiger partial charge in [-0.05, 0) is 22.3 Å². The van der Waals surface area contributed by atoms with Gasteiger partial charge in [0.25, 0.3) is 0 Å². The summed E-state index contributed by atoms with van der Waals surface area (Å²) in [6, 6.07) is 29.9. The van der Waals surface area contributed by atoms with Crippen molar-refractivity contribution >= 4 is 22.7 Å². The van der Waals surface area contributed by atoms with Gasteiger partial charge in [0.1, 0.15) is 0 Å². The van der Waals surface area contributed by atoms with E-state index in [1.807, 2.05) is 48.5 Å². The Balaban J connectivity index is 2.11. The van der Waals surface area contributed by atoms with E-state index in [0.29, 0.717) is 22.7 Å². The van der Waals surface area contributed by atoms with Gasteiger partial charge in [0.15, 0.2) is 22.7 Å². The number of nitrogens with zero attached hydrogens (tertiary/aromatic N) is 4. The van der Waals surface area contributed by atoms with Crippen LogP contribution in [0.2, 0.25) is 0 Å². The molecular formula is C29H16N4. The van der Waals surface area contributed by atoms with Crippen LogP contribution in [0.1, 0.15) is 22.3 Å². The van der Waals surface area contributed by atoms with Crippen molar-refractivity contribution in [3.05, 3.63) is 165 Å². The molecule has 4 heteroatoms. The van der Waals surface area contributed by atoms with Gasteiger partial charge in [-0.15, -0.1) is 0 Å². The van der Waals surface area contributed by atoms with E-state index in [-0.39, 0.29) is 0 Å². The van der Waals surface area contributed by atoms with Crippen LogP contribution >= 0.6 is 0 Å². The number of hydrogen-bond donors (Lipinski definition) is 0. The van der Waals surface area contributed by atoms with Crippen LogP contribution in [-0.4, -0.2) is 0 Å². The second kappa shape index (κ2) is 8.91. The van der Waals surface area contributed by atoms with Crippen molar-refractivity contribution in [1.29, 1.82) is 0 Å². The van der Waals surface area contributed by atoms with Crippen LogP contribution in [0.3, 0.4) is 0 Å². The predicted molar refractivity (Wildman–Crippen MR) is 130 cm³/mol. The standard InChI is InChI=1S/C29H16N4/c1-30-25-13-5-21(6-14-25)29(22-7-15-26(31-2)16-8-22,23-9-17-27(32-3)18-10-23)24-11-19-28(33-4)20-12-24/h5-20H. The quantitative estimate of drug-likeness (QED) is 0.233. The van der Waals surface area contributed by atoms with Crippen LogP contribution in [0, 0.1) is 26.3 Å². The Morgan fingerprint density at radius 1 is 0.333 bits per heavy atom. The summed E-state index contributed by atoms with van der Waals surface area (Å²) in [6.07, 6.45) is 0. The lowest BCUT2D eigenvalue weighted by Crippen LogP contribution is -2.30. The first-order chi connectivity index (χ1) is 16.1. The third-order valence-electron chi connectivity index (χ3n) is 5.72. The average molecular weight is 420 g/mol. The monoisotopic (exact) mass is 420 g/mol. The van der Waals surface area contributed by atoms with Crippen LogP contribution in [0.5, 0.6) is 0 Å². The van der Waals surface area contributed by atoms with Gasteiger partial charge in [0.05, 0.1) is 31.7 Å². The van der Waals surface area contributed by atoms with Crippen LogP contribution < -0.4 is 0 Å². The Hall–Kier alpha value is -5.16. The van der Waals surface area contributed by atoms with E-state index in [4.69, 9.17) is 26.3 Å². The molecular weight excluding hydrogens is 404 g/mol. The molecule has 4 aromatic rings. The lowest BCUT2D eigenvalue weighted by Gasteiger charge is -2.37. The van der Waals surface area contributed by atoms with Crippen molar-refractivity contribution < 1.29 is 0 Å². The minimum absolute atomic E-state index is 0.544. The summed E-state index contributed by atoms with van der Waals surface area (Å²) >= 11 is 0. The van der Waals surface area contributed by atoms with Crippen LogP contribution in [0.25, 0.3) is 19.4 Å². The molecule has 0 heterocycles. The highest BCUT2D eigenvalue weighted by atomic mass is 14.6. The van der Waals surface area contributed by atoms with Crippen molar-refractivity contribution in [2.24, 2.45) is 0 Å². The second-order valence-electron chi connectivity index (χ2n) is 7.38. The highest BCUT2D eigenvalue weighted by molar-refractivity contribution is 5.65. The van der Waals surface area contributed by atoms with Gasteiger partial charge in [-0.2, -0.15) is 0 Å². The maximum atomic E-state index is 7.34. The van der Waals surface area contributed by atoms with Crippen molar-refractivity contribution in [2.45, 2.75) is 5.41 Å². The maximum absolute atomic E-state index is 7.34. The summed E-state index contributed by atoms with van der Waals surface area (Å²) in [5, 5.41) is 0. The molecule has 0 atom stereocenters. The molecule has 0 spiro atoms. The minimum atomic E-state index is -0.776. The normalized spacial score (nSPS) is 10.3. The molecule has 4 nitrogen and oxygen atoms in total. The Kier molecular flexibility index (Phi) is 5.70. The maximum Gasteiger partial charge on any atom is 0.187 e. The molecule has 0 aromatic heterocycles. The average Bonchev–Trinajstić information content (AvgIpc) is 2.90. The summed E-state index contributed by atoms with van der Waals surface area (Å²) < 4.78 is 0. The molecule has 0 aliphatic heterocycles. The van der Waals surface area contributed by atoms with Gasteiger partial charge < -0.3 is 0 Å². The minimum Gasteiger partial charge on any atom is -0.238 e. The molecule has 0 aliphatic carbocycles. The van der Waals surface area contributed by atoms with E-state index in [0.717, 1.165) is 22.3 Å². The molecule has 0 bridgehead atoms. The van der Waals surface area contributed by atoms with Gasteiger partial charge in [-0.3, -0.25) is 0 Å². The molecule has 0 amide bonds. The van der Waals surface area contributed by atoms with E-state index in [2.05, 4.69) is 19.4 Å². The van der Waals surface area contributed by atoms with E-state index in [9.17, 15) is 0 Å². The fraction of sp³-hybridized carbons (Fsp3) is 0.0345.